The van der Waals surface area contributed by atoms with Crippen molar-refractivity contribution in [1.29, 1.82) is 0 Å². The molecule has 25 heavy (non-hydrogen) atoms. The van der Waals surface area contributed by atoms with Gasteiger partial charge in [0, 0.05) is 20.3 Å². The highest BCUT2D eigenvalue weighted by atomic mass is 32.2. The van der Waals surface area contributed by atoms with Crippen molar-refractivity contribution >= 4 is 21.8 Å². The Balaban J connectivity index is 2.15. The molecule has 1 heterocycles. The fourth-order valence-corrected chi connectivity index (χ4v) is 3.05. The number of rotatable bonds is 7. The molecule has 0 unspecified atom stereocenters. The molecule has 0 fully saturated rings. The second-order valence-electron chi connectivity index (χ2n) is 5.37. The van der Waals surface area contributed by atoms with Crippen LogP contribution in [-0.4, -0.2) is 44.3 Å². The fourth-order valence-electron chi connectivity index (χ4n) is 1.99. The minimum atomic E-state index is -3.92. The Morgan fingerprint density at radius 3 is 2.40 bits per heavy atom. The van der Waals surface area contributed by atoms with Gasteiger partial charge in [0.05, 0.1) is 17.9 Å². The van der Waals surface area contributed by atoms with Crippen LogP contribution in [0.1, 0.15) is 5.69 Å². The van der Waals surface area contributed by atoms with E-state index in [9.17, 15) is 17.6 Å². The molecule has 0 aliphatic carbocycles. The van der Waals surface area contributed by atoms with Crippen LogP contribution in [0.4, 0.5) is 10.1 Å². The van der Waals surface area contributed by atoms with Crippen LogP contribution in [-0.2, 0) is 21.5 Å². The van der Waals surface area contributed by atoms with Gasteiger partial charge in [-0.05, 0) is 36.4 Å². The summed E-state index contributed by atoms with van der Waals surface area (Å²) in [6.07, 6.45) is 1.60. The van der Waals surface area contributed by atoms with E-state index in [1.54, 1.807) is 24.4 Å². The number of carbonyl (C=O) groups excluding carboxylic acids is 1. The van der Waals surface area contributed by atoms with Gasteiger partial charge in [-0.1, -0.05) is 6.07 Å². The van der Waals surface area contributed by atoms with Crippen molar-refractivity contribution in [1.82, 2.24) is 14.6 Å². The van der Waals surface area contributed by atoms with E-state index in [0.717, 1.165) is 20.7 Å². The molecule has 0 bridgehead atoms. The van der Waals surface area contributed by atoms with Crippen molar-refractivity contribution in [2.24, 2.45) is 0 Å². The molecular formula is C16H19FN4O3S. The lowest BCUT2D eigenvalue weighted by Gasteiger charge is -2.26. The maximum absolute atomic E-state index is 13.1. The molecule has 0 spiro atoms. The third-order valence-electron chi connectivity index (χ3n) is 3.33. The summed E-state index contributed by atoms with van der Waals surface area (Å²) in [5.74, 6) is -0.994. The smallest absolute Gasteiger partial charge is 0.304 e. The molecule has 7 nitrogen and oxygen atoms in total. The summed E-state index contributed by atoms with van der Waals surface area (Å²) in [5, 5.41) is 2.62. The average Bonchev–Trinajstić information content (AvgIpc) is 2.59. The molecular weight excluding hydrogens is 347 g/mol. The number of pyridine rings is 1. The molecule has 2 rings (SSSR count). The Labute approximate surface area is 146 Å². The first kappa shape index (κ1) is 18.8. The standard InChI is InChI=1S/C16H19FN4O3S/c1-20(2)25(23,24)21(15-8-6-13(17)7-9-15)12-16(22)19-11-14-5-3-4-10-18-14/h3-10H,11-12H2,1-2H3,(H,19,22). The van der Waals surface area contributed by atoms with Crippen molar-refractivity contribution in [2.45, 2.75) is 6.54 Å². The molecule has 9 heteroatoms. The van der Waals surface area contributed by atoms with Crippen molar-refractivity contribution in [2.75, 3.05) is 24.9 Å². The number of anilines is 1. The van der Waals surface area contributed by atoms with Crippen LogP contribution >= 0.6 is 0 Å². The summed E-state index contributed by atoms with van der Waals surface area (Å²) < 4.78 is 40.0. The molecule has 0 radical (unpaired) electrons. The molecule has 0 saturated carbocycles. The monoisotopic (exact) mass is 366 g/mol. The molecule has 1 aromatic carbocycles. The Morgan fingerprint density at radius 1 is 1.16 bits per heavy atom. The van der Waals surface area contributed by atoms with Crippen LogP contribution in [0.3, 0.4) is 0 Å². The zero-order chi connectivity index (χ0) is 18.4. The van der Waals surface area contributed by atoms with Gasteiger partial charge in [0.2, 0.25) is 5.91 Å². The number of aromatic nitrogens is 1. The Morgan fingerprint density at radius 2 is 1.84 bits per heavy atom. The summed E-state index contributed by atoms with van der Waals surface area (Å²) >= 11 is 0. The number of carbonyl (C=O) groups is 1. The third kappa shape index (κ3) is 4.97. The molecule has 0 saturated heterocycles. The fraction of sp³-hybridized carbons (Fsp3) is 0.250. The van der Waals surface area contributed by atoms with Crippen molar-refractivity contribution in [3.63, 3.8) is 0 Å². The SMILES string of the molecule is CN(C)S(=O)(=O)N(CC(=O)NCc1ccccn1)c1ccc(F)cc1. The second kappa shape index (κ2) is 8.04. The molecule has 1 N–H and O–H groups in total. The zero-order valence-electron chi connectivity index (χ0n) is 13.9. The largest absolute Gasteiger partial charge is 0.349 e. The van der Waals surface area contributed by atoms with Gasteiger partial charge in [0.15, 0.2) is 0 Å². The summed E-state index contributed by atoms with van der Waals surface area (Å²) in [4.78, 5) is 16.3. The van der Waals surface area contributed by atoms with E-state index in [0.29, 0.717) is 5.69 Å². The lowest BCUT2D eigenvalue weighted by Crippen LogP contribution is -2.45. The van der Waals surface area contributed by atoms with E-state index in [4.69, 9.17) is 0 Å². The Hall–Kier alpha value is -2.52. The quantitative estimate of drug-likeness (QED) is 0.797. The van der Waals surface area contributed by atoms with E-state index in [-0.39, 0.29) is 12.2 Å². The van der Waals surface area contributed by atoms with Gasteiger partial charge in [0.1, 0.15) is 12.4 Å². The molecule has 0 aliphatic heterocycles. The number of hydrogen-bond donors (Lipinski definition) is 1. The maximum atomic E-state index is 13.1. The van der Waals surface area contributed by atoms with Crippen molar-refractivity contribution in [3.05, 3.63) is 60.2 Å². The molecule has 1 amide bonds. The van der Waals surface area contributed by atoms with Gasteiger partial charge in [-0.3, -0.25) is 9.78 Å². The van der Waals surface area contributed by atoms with Gasteiger partial charge in [-0.25, -0.2) is 8.70 Å². The first-order chi connectivity index (χ1) is 11.8. The minimum absolute atomic E-state index is 0.180. The predicted molar refractivity (Wildman–Crippen MR) is 92.4 cm³/mol. The number of amides is 1. The van der Waals surface area contributed by atoms with Crippen LogP contribution in [0, 0.1) is 5.82 Å². The number of halogens is 1. The maximum Gasteiger partial charge on any atom is 0.304 e. The van der Waals surface area contributed by atoms with Crippen molar-refractivity contribution < 1.29 is 17.6 Å². The topological polar surface area (TPSA) is 82.6 Å². The number of benzene rings is 1. The number of nitrogens with one attached hydrogen (secondary N) is 1. The van der Waals surface area contributed by atoms with E-state index in [1.165, 1.54) is 26.2 Å². The van der Waals surface area contributed by atoms with Gasteiger partial charge in [-0.15, -0.1) is 0 Å². The normalized spacial score (nSPS) is 11.4. The van der Waals surface area contributed by atoms with E-state index in [2.05, 4.69) is 10.3 Å². The van der Waals surface area contributed by atoms with Crippen LogP contribution in [0.5, 0.6) is 0 Å². The summed E-state index contributed by atoms with van der Waals surface area (Å²) in [6, 6.07) is 10.2. The first-order valence-corrected chi connectivity index (χ1v) is 8.83. The Kier molecular flexibility index (Phi) is 6.05. The average molecular weight is 366 g/mol. The van der Waals surface area contributed by atoms with Gasteiger partial charge >= 0.3 is 10.2 Å². The predicted octanol–water partition coefficient (Wildman–Crippen LogP) is 1.15. The number of nitrogens with zero attached hydrogens (tertiary/aromatic N) is 3. The lowest BCUT2D eigenvalue weighted by molar-refractivity contribution is -0.119. The third-order valence-corrected chi connectivity index (χ3v) is 5.15. The van der Waals surface area contributed by atoms with E-state index < -0.39 is 28.5 Å². The molecule has 0 atom stereocenters. The van der Waals surface area contributed by atoms with E-state index >= 15 is 0 Å². The summed E-state index contributed by atoms with van der Waals surface area (Å²) in [6.45, 7) is -0.252. The summed E-state index contributed by atoms with van der Waals surface area (Å²) in [7, 11) is -1.20. The summed E-state index contributed by atoms with van der Waals surface area (Å²) in [5.41, 5.74) is 0.850. The van der Waals surface area contributed by atoms with Crippen LogP contribution in [0.2, 0.25) is 0 Å². The van der Waals surface area contributed by atoms with Gasteiger partial charge < -0.3 is 5.32 Å². The van der Waals surface area contributed by atoms with Gasteiger partial charge in [-0.2, -0.15) is 12.7 Å². The van der Waals surface area contributed by atoms with Crippen LogP contribution < -0.4 is 9.62 Å². The minimum Gasteiger partial charge on any atom is -0.349 e. The second-order valence-corrected chi connectivity index (χ2v) is 7.44. The molecule has 0 aliphatic rings. The van der Waals surface area contributed by atoms with Crippen molar-refractivity contribution in [3.8, 4) is 0 Å². The highest BCUT2D eigenvalue weighted by Crippen LogP contribution is 2.19. The molecule has 2 aromatic rings. The van der Waals surface area contributed by atoms with E-state index in [1.807, 2.05) is 0 Å². The van der Waals surface area contributed by atoms with Crippen LogP contribution in [0.15, 0.2) is 48.7 Å². The first-order valence-electron chi connectivity index (χ1n) is 7.43. The molecule has 134 valence electrons. The Bertz CT molecular complexity index is 811. The number of hydrogen-bond acceptors (Lipinski definition) is 4. The highest BCUT2D eigenvalue weighted by Gasteiger charge is 2.27. The van der Waals surface area contributed by atoms with Crippen LogP contribution in [0.25, 0.3) is 0 Å². The molecule has 1 aromatic heterocycles. The highest BCUT2D eigenvalue weighted by molar-refractivity contribution is 7.90. The van der Waals surface area contributed by atoms with Gasteiger partial charge in [0.25, 0.3) is 0 Å². The zero-order valence-corrected chi connectivity index (χ0v) is 14.7. The lowest BCUT2D eigenvalue weighted by atomic mass is 10.3.